The summed E-state index contributed by atoms with van der Waals surface area (Å²) < 4.78 is 5.00. The average Bonchev–Trinajstić information content (AvgIpc) is 3.04. The Bertz CT molecular complexity index is 655. The minimum Gasteiger partial charge on any atom is -0.490 e. The molecule has 1 aromatic carbocycles. The van der Waals surface area contributed by atoms with Crippen molar-refractivity contribution in [3.8, 4) is 5.75 Å². The fourth-order valence-corrected chi connectivity index (χ4v) is 4.04. The number of hydrogen-bond acceptors (Lipinski definition) is 5. The van der Waals surface area contributed by atoms with Gasteiger partial charge in [0.2, 0.25) is 5.91 Å². The molecule has 0 aromatic heterocycles. The van der Waals surface area contributed by atoms with E-state index >= 15 is 0 Å². The fourth-order valence-electron chi connectivity index (χ4n) is 4.04. The number of hydrogen-bond donors (Lipinski definition) is 2. The van der Waals surface area contributed by atoms with Crippen molar-refractivity contribution in [1.29, 1.82) is 0 Å². The topological polar surface area (TPSA) is 93.5 Å². The van der Waals surface area contributed by atoms with Crippen molar-refractivity contribution < 1.29 is 14.5 Å². The average molecular weight is 370 g/mol. The number of nitrogens with zero attached hydrogens (tertiary/aromatic N) is 1. The number of rotatable bonds is 5. The Morgan fingerprint density at radius 3 is 3.00 bits per heavy atom. The Morgan fingerprint density at radius 1 is 1.48 bits per heavy atom. The van der Waals surface area contributed by atoms with Gasteiger partial charge in [0.25, 0.3) is 0 Å². The van der Waals surface area contributed by atoms with Crippen LogP contribution in [-0.4, -0.2) is 31.0 Å². The van der Waals surface area contributed by atoms with Crippen LogP contribution in [0, 0.1) is 21.4 Å². The summed E-state index contributed by atoms with van der Waals surface area (Å²) >= 11 is 0. The van der Waals surface area contributed by atoms with Crippen molar-refractivity contribution in [2.75, 3.05) is 20.2 Å². The molecule has 3 rings (SSSR count). The van der Waals surface area contributed by atoms with Gasteiger partial charge in [0.05, 0.1) is 17.4 Å². The molecule has 7 nitrogen and oxygen atoms in total. The van der Waals surface area contributed by atoms with Crippen LogP contribution in [0.15, 0.2) is 18.2 Å². The lowest BCUT2D eigenvalue weighted by molar-refractivity contribution is -0.385. The second-order valence-electron chi connectivity index (χ2n) is 6.68. The van der Waals surface area contributed by atoms with E-state index in [4.69, 9.17) is 4.74 Å². The molecule has 2 aliphatic rings. The van der Waals surface area contributed by atoms with Crippen LogP contribution in [0.3, 0.4) is 0 Å². The number of fused-ring (bicyclic) bond motifs is 1. The minimum absolute atomic E-state index is 0. The van der Waals surface area contributed by atoms with Crippen LogP contribution in [0.2, 0.25) is 0 Å². The van der Waals surface area contributed by atoms with Crippen molar-refractivity contribution in [1.82, 2.24) is 10.6 Å². The molecule has 1 saturated carbocycles. The van der Waals surface area contributed by atoms with E-state index in [9.17, 15) is 14.9 Å². The van der Waals surface area contributed by atoms with E-state index in [0.29, 0.717) is 11.5 Å². The smallest absolute Gasteiger partial charge is 0.311 e. The molecule has 138 valence electrons. The molecule has 2 N–H and O–H groups in total. The lowest BCUT2D eigenvalue weighted by Crippen LogP contribution is -2.47. The van der Waals surface area contributed by atoms with E-state index in [-0.39, 0.29) is 41.7 Å². The van der Waals surface area contributed by atoms with Gasteiger partial charge in [-0.2, -0.15) is 0 Å². The Balaban J connectivity index is 0.00000225. The number of halogens is 1. The maximum atomic E-state index is 12.8. The first-order chi connectivity index (χ1) is 11.6. The van der Waals surface area contributed by atoms with Gasteiger partial charge in [0.15, 0.2) is 5.75 Å². The van der Waals surface area contributed by atoms with E-state index in [1.165, 1.54) is 19.6 Å². The van der Waals surface area contributed by atoms with E-state index in [2.05, 4.69) is 10.6 Å². The van der Waals surface area contributed by atoms with E-state index in [1.54, 1.807) is 12.1 Å². The third-order valence-corrected chi connectivity index (χ3v) is 5.38. The predicted octanol–water partition coefficient (Wildman–Crippen LogP) is 2.42. The lowest BCUT2D eigenvalue weighted by atomic mass is 9.67. The molecule has 1 aromatic rings. The first kappa shape index (κ1) is 19.5. The summed E-state index contributed by atoms with van der Waals surface area (Å²) in [4.78, 5) is 23.4. The number of benzene rings is 1. The molecule has 25 heavy (non-hydrogen) atoms. The van der Waals surface area contributed by atoms with Crippen LogP contribution >= 0.6 is 12.4 Å². The van der Waals surface area contributed by atoms with Gasteiger partial charge in [0, 0.05) is 19.2 Å². The summed E-state index contributed by atoms with van der Waals surface area (Å²) in [6, 6.07) is 4.77. The molecule has 0 bridgehead atoms. The largest absolute Gasteiger partial charge is 0.490 e. The summed E-state index contributed by atoms with van der Waals surface area (Å²) in [5.74, 6) is 0.688. The van der Waals surface area contributed by atoms with Crippen LogP contribution in [0.25, 0.3) is 0 Å². The molecule has 0 radical (unpaired) electrons. The van der Waals surface area contributed by atoms with Crippen LogP contribution in [0.4, 0.5) is 5.69 Å². The molecule has 0 spiro atoms. The number of ether oxygens (including phenoxy) is 1. The van der Waals surface area contributed by atoms with Crippen molar-refractivity contribution in [3.63, 3.8) is 0 Å². The summed E-state index contributed by atoms with van der Waals surface area (Å²) in [6.45, 7) is 1.92. The van der Waals surface area contributed by atoms with E-state index < -0.39 is 4.92 Å². The zero-order chi connectivity index (χ0) is 17.2. The zero-order valence-corrected chi connectivity index (χ0v) is 15.1. The van der Waals surface area contributed by atoms with Gasteiger partial charge in [-0.05, 0) is 36.9 Å². The first-order valence-electron chi connectivity index (χ1n) is 8.37. The first-order valence-corrected chi connectivity index (χ1v) is 8.37. The Labute approximate surface area is 153 Å². The Kier molecular flexibility index (Phi) is 6.24. The highest BCUT2D eigenvalue weighted by molar-refractivity contribution is 5.85. The maximum Gasteiger partial charge on any atom is 0.311 e. The number of nitro benzene ring substituents is 1. The van der Waals surface area contributed by atoms with Crippen molar-refractivity contribution in [2.45, 2.75) is 32.2 Å². The molecule has 1 heterocycles. The summed E-state index contributed by atoms with van der Waals surface area (Å²) in [5, 5.41) is 17.4. The molecular formula is C17H24ClN3O4. The summed E-state index contributed by atoms with van der Waals surface area (Å²) in [7, 11) is 1.40. The third kappa shape index (κ3) is 3.72. The van der Waals surface area contributed by atoms with E-state index in [1.807, 2.05) is 0 Å². The highest BCUT2D eigenvalue weighted by atomic mass is 35.5. The SMILES string of the molecule is COc1ccc(CNC(=O)[C@@]23CCCC[C@H]2CNC3)cc1[N+](=O)[O-].Cl. The molecule has 0 unspecified atom stereocenters. The number of nitro groups is 1. The fraction of sp³-hybridized carbons (Fsp3) is 0.588. The van der Waals surface area contributed by atoms with Gasteiger partial charge in [-0.1, -0.05) is 18.9 Å². The number of nitrogens with one attached hydrogen (secondary N) is 2. The molecule has 2 atom stereocenters. The second kappa shape index (κ2) is 8.01. The highest BCUT2D eigenvalue weighted by Gasteiger charge is 2.49. The number of carbonyl (C=O) groups excluding carboxylic acids is 1. The van der Waals surface area contributed by atoms with Crippen LogP contribution in [-0.2, 0) is 11.3 Å². The number of methoxy groups -OCH3 is 1. The normalized spacial score (nSPS) is 24.8. The van der Waals surface area contributed by atoms with E-state index in [0.717, 1.165) is 32.4 Å². The summed E-state index contributed by atoms with van der Waals surface area (Å²) in [6.07, 6.45) is 4.28. The van der Waals surface area contributed by atoms with Crippen molar-refractivity contribution in [2.24, 2.45) is 11.3 Å². The van der Waals surface area contributed by atoms with Gasteiger partial charge < -0.3 is 15.4 Å². The van der Waals surface area contributed by atoms with Gasteiger partial charge in [-0.25, -0.2) is 0 Å². The van der Waals surface area contributed by atoms with Crippen molar-refractivity contribution >= 4 is 24.0 Å². The highest BCUT2D eigenvalue weighted by Crippen LogP contribution is 2.44. The van der Waals surface area contributed by atoms with Crippen LogP contribution in [0.5, 0.6) is 5.75 Å². The molecule has 1 aliphatic carbocycles. The predicted molar refractivity (Wildman–Crippen MR) is 96.0 cm³/mol. The molecule has 1 amide bonds. The molecular weight excluding hydrogens is 346 g/mol. The molecule has 2 fully saturated rings. The van der Waals surface area contributed by atoms with Gasteiger partial charge in [-0.15, -0.1) is 12.4 Å². The Hall–Kier alpha value is -1.86. The monoisotopic (exact) mass is 369 g/mol. The van der Waals surface area contributed by atoms with Crippen LogP contribution < -0.4 is 15.4 Å². The molecule has 1 saturated heterocycles. The number of amides is 1. The summed E-state index contributed by atoms with van der Waals surface area (Å²) in [5.41, 5.74) is 0.308. The van der Waals surface area contributed by atoms with Crippen molar-refractivity contribution in [3.05, 3.63) is 33.9 Å². The standard InChI is InChI=1S/C17H23N3O4.ClH/c1-24-15-6-5-12(8-14(15)20(22)23)9-19-16(21)17-7-3-2-4-13(17)10-18-11-17;/h5-6,8,13,18H,2-4,7,9-11H2,1H3,(H,19,21);1H/t13-,17+;/m0./s1. The molecule has 8 heteroatoms. The quantitative estimate of drug-likeness (QED) is 0.614. The second-order valence-corrected chi connectivity index (χ2v) is 6.68. The maximum absolute atomic E-state index is 12.8. The van der Waals surface area contributed by atoms with Gasteiger partial charge in [-0.3, -0.25) is 14.9 Å². The lowest BCUT2D eigenvalue weighted by Gasteiger charge is -2.37. The van der Waals surface area contributed by atoms with Crippen LogP contribution in [0.1, 0.15) is 31.2 Å². The Morgan fingerprint density at radius 2 is 2.28 bits per heavy atom. The van der Waals surface area contributed by atoms with Gasteiger partial charge in [0.1, 0.15) is 0 Å². The molecule has 1 aliphatic heterocycles. The third-order valence-electron chi connectivity index (χ3n) is 5.38. The minimum atomic E-state index is -0.471. The zero-order valence-electron chi connectivity index (χ0n) is 14.2. The van der Waals surface area contributed by atoms with Gasteiger partial charge >= 0.3 is 5.69 Å². The number of carbonyl (C=O) groups is 1.